The number of rotatable bonds is 6. The molecule has 1 aromatic heterocycles. The highest BCUT2D eigenvalue weighted by Gasteiger charge is 2.08. The maximum atomic E-state index is 5.40. The molecule has 1 N–H and O–H groups in total. The molecule has 0 saturated heterocycles. The molecule has 2 rings (SSSR count). The predicted molar refractivity (Wildman–Crippen MR) is 82.1 cm³/mol. The number of benzene rings is 1. The summed E-state index contributed by atoms with van der Waals surface area (Å²) in [6.45, 7) is 1.59. The fourth-order valence-corrected chi connectivity index (χ4v) is 3.31. The topological polar surface area (TPSA) is 30.5 Å². The van der Waals surface area contributed by atoms with Gasteiger partial charge in [0.2, 0.25) is 0 Å². The molecule has 2 aromatic rings. The summed E-state index contributed by atoms with van der Waals surface area (Å²) >= 11 is 5.20. The van der Waals surface area contributed by atoms with Gasteiger partial charge >= 0.3 is 0 Å². The van der Waals surface area contributed by atoms with Crippen molar-refractivity contribution in [1.82, 2.24) is 5.32 Å². The van der Waals surface area contributed by atoms with Crippen molar-refractivity contribution >= 4 is 27.3 Å². The number of thiophene rings is 1. The minimum Gasteiger partial charge on any atom is -0.493 e. The normalized spacial score (nSPS) is 10.5. The van der Waals surface area contributed by atoms with Gasteiger partial charge in [-0.1, -0.05) is 12.1 Å². The number of para-hydroxylation sites is 1. The van der Waals surface area contributed by atoms with Crippen molar-refractivity contribution < 1.29 is 9.47 Å². The highest BCUT2D eigenvalue weighted by molar-refractivity contribution is 9.11. The summed E-state index contributed by atoms with van der Waals surface area (Å²) in [5, 5.41) is 3.41. The van der Waals surface area contributed by atoms with Crippen LogP contribution in [0.3, 0.4) is 0 Å². The van der Waals surface area contributed by atoms with Crippen LogP contribution in [0.4, 0.5) is 0 Å². The number of halogens is 1. The zero-order valence-electron chi connectivity index (χ0n) is 10.9. The average molecular weight is 342 g/mol. The molecular weight excluding hydrogens is 326 g/mol. The van der Waals surface area contributed by atoms with Gasteiger partial charge in [0, 0.05) is 23.5 Å². The highest BCUT2D eigenvalue weighted by atomic mass is 79.9. The molecule has 5 heteroatoms. The Bertz CT molecular complexity index is 542. The van der Waals surface area contributed by atoms with Crippen LogP contribution in [0.15, 0.2) is 34.1 Å². The highest BCUT2D eigenvalue weighted by Crippen LogP contribution is 2.30. The average Bonchev–Trinajstić information content (AvgIpc) is 2.84. The first-order valence-corrected chi connectivity index (χ1v) is 7.50. The fraction of sp³-hybridized carbons (Fsp3) is 0.286. The zero-order valence-corrected chi connectivity index (χ0v) is 13.3. The predicted octanol–water partition coefficient (Wildman–Crippen LogP) is 3.82. The summed E-state index contributed by atoms with van der Waals surface area (Å²) in [7, 11) is 3.32. The smallest absolute Gasteiger partial charge is 0.165 e. The molecule has 0 radical (unpaired) electrons. The molecule has 0 bridgehead atoms. The van der Waals surface area contributed by atoms with Gasteiger partial charge in [-0.2, -0.15) is 0 Å². The molecule has 0 amide bonds. The molecule has 0 saturated carbocycles. The van der Waals surface area contributed by atoms with Gasteiger partial charge in [0.1, 0.15) is 0 Å². The number of hydrogen-bond donors (Lipinski definition) is 1. The quantitative estimate of drug-likeness (QED) is 0.866. The molecule has 0 fully saturated rings. The number of nitrogens with one attached hydrogen (secondary N) is 1. The Balaban J connectivity index is 1.99. The summed E-state index contributed by atoms with van der Waals surface area (Å²) in [6, 6.07) is 10.1. The maximum Gasteiger partial charge on any atom is 0.165 e. The Morgan fingerprint density at radius 1 is 1.11 bits per heavy atom. The third-order valence-electron chi connectivity index (χ3n) is 2.73. The van der Waals surface area contributed by atoms with Crippen molar-refractivity contribution in [3.8, 4) is 11.5 Å². The van der Waals surface area contributed by atoms with Crippen molar-refractivity contribution in [2.45, 2.75) is 13.1 Å². The maximum absolute atomic E-state index is 5.40. The van der Waals surface area contributed by atoms with E-state index in [1.807, 2.05) is 18.2 Å². The van der Waals surface area contributed by atoms with Crippen molar-refractivity contribution in [1.29, 1.82) is 0 Å². The molecule has 102 valence electrons. The van der Waals surface area contributed by atoms with Gasteiger partial charge in [-0.3, -0.25) is 0 Å². The molecule has 0 spiro atoms. The van der Waals surface area contributed by atoms with E-state index in [1.165, 1.54) is 4.88 Å². The molecule has 0 aliphatic heterocycles. The zero-order chi connectivity index (χ0) is 13.7. The first kappa shape index (κ1) is 14.4. The largest absolute Gasteiger partial charge is 0.493 e. The minimum absolute atomic E-state index is 0.746. The third kappa shape index (κ3) is 3.72. The fourth-order valence-electron chi connectivity index (χ4n) is 1.86. The molecule has 1 heterocycles. The van der Waals surface area contributed by atoms with Crippen LogP contribution in [-0.2, 0) is 13.1 Å². The van der Waals surface area contributed by atoms with Crippen LogP contribution in [0, 0.1) is 0 Å². The van der Waals surface area contributed by atoms with Gasteiger partial charge in [-0.25, -0.2) is 0 Å². The van der Waals surface area contributed by atoms with E-state index in [0.29, 0.717) is 0 Å². The monoisotopic (exact) mass is 341 g/mol. The Morgan fingerprint density at radius 2 is 1.95 bits per heavy atom. The second-order valence-electron chi connectivity index (χ2n) is 3.96. The standard InChI is InChI=1S/C14H16BrNO2S/c1-17-12-5-3-4-10(14(12)18-2)8-16-9-11-6-7-13(15)19-11/h3-7,16H,8-9H2,1-2H3. The lowest BCUT2D eigenvalue weighted by atomic mass is 10.2. The van der Waals surface area contributed by atoms with Crippen molar-refractivity contribution in [3.63, 3.8) is 0 Å². The van der Waals surface area contributed by atoms with Crippen LogP contribution < -0.4 is 14.8 Å². The SMILES string of the molecule is COc1cccc(CNCc2ccc(Br)s2)c1OC. The van der Waals surface area contributed by atoms with Gasteiger partial charge in [0.05, 0.1) is 18.0 Å². The first-order chi connectivity index (χ1) is 9.24. The number of methoxy groups -OCH3 is 2. The first-order valence-electron chi connectivity index (χ1n) is 5.89. The van der Waals surface area contributed by atoms with Gasteiger partial charge in [0.15, 0.2) is 11.5 Å². The van der Waals surface area contributed by atoms with Gasteiger partial charge < -0.3 is 14.8 Å². The van der Waals surface area contributed by atoms with Gasteiger partial charge in [0.25, 0.3) is 0 Å². The van der Waals surface area contributed by atoms with E-state index in [2.05, 4.69) is 33.4 Å². The Kier molecular flexibility index (Phi) is 5.24. The van der Waals surface area contributed by atoms with E-state index in [-0.39, 0.29) is 0 Å². The molecule has 0 atom stereocenters. The van der Waals surface area contributed by atoms with Crippen molar-refractivity contribution in [2.24, 2.45) is 0 Å². The Morgan fingerprint density at radius 3 is 2.58 bits per heavy atom. The van der Waals surface area contributed by atoms with Crippen LogP contribution in [0.2, 0.25) is 0 Å². The van der Waals surface area contributed by atoms with E-state index in [1.54, 1.807) is 25.6 Å². The van der Waals surface area contributed by atoms with Gasteiger partial charge in [-0.05, 0) is 34.1 Å². The van der Waals surface area contributed by atoms with E-state index < -0.39 is 0 Å². The second kappa shape index (κ2) is 6.93. The lowest BCUT2D eigenvalue weighted by molar-refractivity contribution is 0.350. The van der Waals surface area contributed by atoms with Crippen LogP contribution in [0.25, 0.3) is 0 Å². The van der Waals surface area contributed by atoms with E-state index in [0.717, 1.165) is 33.9 Å². The summed E-state index contributed by atoms with van der Waals surface area (Å²) in [5.74, 6) is 1.56. The molecule has 0 aliphatic rings. The minimum atomic E-state index is 0.746. The van der Waals surface area contributed by atoms with Crippen LogP contribution >= 0.6 is 27.3 Å². The summed E-state index contributed by atoms with van der Waals surface area (Å²) in [5.41, 5.74) is 1.09. The van der Waals surface area contributed by atoms with E-state index >= 15 is 0 Å². The lowest BCUT2D eigenvalue weighted by Gasteiger charge is -2.12. The van der Waals surface area contributed by atoms with Crippen LogP contribution in [-0.4, -0.2) is 14.2 Å². The van der Waals surface area contributed by atoms with E-state index in [9.17, 15) is 0 Å². The molecule has 19 heavy (non-hydrogen) atoms. The molecule has 0 aliphatic carbocycles. The molecule has 0 unspecified atom stereocenters. The van der Waals surface area contributed by atoms with E-state index in [4.69, 9.17) is 9.47 Å². The number of ether oxygens (including phenoxy) is 2. The number of hydrogen-bond acceptors (Lipinski definition) is 4. The molecule has 3 nitrogen and oxygen atoms in total. The lowest BCUT2D eigenvalue weighted by Crippen LogP contribution is -2.12. The van der Waals surface area contributed by atoms with Crippen LogP contribution in [0.1, 0.15) is 10.4 Å². The van der Waals surface area contributed by atoms with Gasteiger partial charge in [-0.15, -0.1) is 11.3 Å². The Hall–Kier alpha value is -1.04. The molecule has 1 aromatic carbocycles. The second-order valence-corrected chi connectivity index (χ2v) is 6.51. The van der Waals surface area contributed by atoms with Crippen LogP contribution in [0.5, 0.6) is 11.5 Å². The Labute approximate surface area is 125 Å². The summed E-state index contributed by atoms with van der Waals surface area (Å²) < 4.78 is 11.8. The van der Waals surface area contributed by atoms with Crippen molar-refractivity contribution in [3.05, 3.63) is 44.6 Å². The summed E-state index contributed by atoms with van der Waals surface area (Å²) in [6.07, 6.45) is 0. The van der Waals surface area contributed by atoms with Crippen molar-refractivity contribution in [2.75, 3.05) is 14.2 Å². The molecular formula is C14H16BrNO2S. The third-order valence-corrected chi connectivity index (χ3v) is 4.35. The summed E-state index contributed by atoms with van der Waals surface area (Å²) in [4.78, 5) is 1.30.